The number of para-hydroxylation sites is 4. The second kappa shape index (κ2) is 9.80. The number of methoxy groups -OCH3 is 2. The van der Waals surface area contributed by atoms with Gasteiger partial charge in [0.25, 0.3) is 0 Å². The normalized spacial score (nSPS) is 11.3. The highest BCUT2D eigenvalue weighted by atomic mass is 32.1. The van der Waals surface area contributed by atoms with Gasteiger partial charge in [-0.05, 0) is 42.5 Å². The van der Waals surface area contributed by atoms with Gasteiger partial charge in [0.05, 0.1) is 19.9 Å². The van der Waals surface area contributed by atoms with Crippen molar-refractivity contribution in [2.45, 2.75) is 6.17 Å². The number of ether oxygens (including phenoxy) is 2. The largest absolute Gasteiger partial charge is 0.496 e. The zero-order valence-electron chi connectivity index (χ0n) is 16.8. The summed E-state index contributed by atoms with van der Waals surface area (Å²) in [4.78, 5) is 1.96. The molecule has 1 atom stereocenters. The van der Waals surface area contributed by atoms with Crippen LogP contribution in [0.4, 0.5) is 11.4 Å². The summed E-state index contributed by atoms with van der Waals surface area (Å²) in [6.45, 7) is 0. The summed E-state index contributed by atoms with van der Waals surface area (Å²) < 4.78 is 11.1. The highest BCUT2D eigenvalue weighted by molar-refractivity contribution is 7.80. The molecule has 5 nitrogen and oxygen atoms in total. The van der Waals surface area contributed by atoms with Gasteiger partial charge in [-0.25, -0.2) is 0 Å². The third-order valence-corrected chi connectivity index (χ3v) is 4.96. The van der Waals surface area contributed by atoms with Crippen LogP contribution in [0, 0.1) is 0 Å². The minimum absolute atomic E-state index is 0.286. The lowest BCUT2D eigenvalue weighted by Crippen LogP contribution is -2.38. The predicted octanol–water partition coefficient (Wildman–Crippen LogP) is 5.14. The second-order valence-corrected chi connectivity index (χ2v) is 6.78. The number of hydrogen-bond donors (Lipinski definition) is 2. The van der Waals surface area contributed by atoms with Crippen LogP contribution < -0.4 is 20.1 Å². The average Bonchev–Trinajstić information content (AvgIpc) is 2.78. The molecule has 0 radical (unpaired) electrons. The number of nitrogens with zero attached hydrogens (tertiary/aromatic N) is 1. The van der Waals surface area contributed by atoms with E-state index in [4.69, 9.17) is 21.7 Å². The third-order valence-electron chi connectivity index (χ3n) is 4.57. The molecule has 0 unspecified atom stereocenters. The Bertz CT molecular complexity index is 950. The van der Waals surface area contributed by atoms with E-state index in [1.165, 1.54) is 0 Å². The van der Waals surface area contributed by atoms with Crippen molar-refractivity contribution in [2.24, 2.45) is 0 Å². The molecule has 0 aliphatic carbocycles. The summed E-state index contributed by atoms with van der Waals surface area (Å²) in [6, 6.07) is 25.5. The van der Waals surface area contributed by atoms with Crippen molar-refractivity contribution in [1.82, 2.24) is 4.90 Å². The molecule has 0 spiro atoms. The molecular formula is C23H25N3O2S. The van der Waals surface area contributed by atoms with E-state index >= 15 is 0 Å². The van der Waals surface area contributed by atoms with Crippen LogP contribution in [0.15, 0.2) is 78.9 Å². The summed E-state index contributed by atoms with van der Waals surface area (Å²) >= 11 is 5.69. The van der Waals surface area contributed by atoms with Crippen LogP contribution in [0.5, 0.6) is 11.5 Å². The van der Waals surface area contributed by atoms with Crippen molar-refractivity contribution in [2.75, 3.05) is 31.9 Å². The number of benzene rings is 3. The molecule has 0 saturated carbocycles. The Balaban J connectivity index is 1.94. The van der Waals surface area contributed by atoms with Gasteiger partial charge >= 0.3 is 0 Å². The van der Waals surface area contributed by atoms with Crippen LogP contribution in [0.2, 0.25) is 0 Å². The first-order valence-electron chi connectivity index (χ1n) is 9.25. The number of anilines is 2. The maximum atomic E-state index is 5.69. The van der Waals surface area contributed by atoms with Crippen molar-refractivity contribution >= 4 is 28.7 Å². The summed E-state index contributed by atoms with van der Waals surface area (Å²) in [5.74, 6) is 1.52. The molecule has 0 aliphatic heterocycles. The monoisotopic (exact) mass is 407 g/mol. The number of thiocarbonyl (C=S) groups is 1. The summed E-state index contributed by atoms with van der Waals surface area (Å²) in [6.07, 6.45) is -0.286. The molecule has 0 saturated heterocycles. The van der Waals surface area contributed by atoms with E-state index in [0.29, 0.717) is 5.11 Å². The highest BCUT2D eigenvalue weighted by Gasteiger charge is 2.23. The van der Waals surface area contributed by atoms with Gasteiger partial charge in [0, 0.05) is 18.3 Å². The molecule has 29 heavy (non-hydrogen) atoms. The lowest BCUT2D eigenvalue weighted by molar-refractivity contribution is 0.371. The lowest BCUT2D eigenvalue weighted by atomic mass is 10.1. The Morgan fingerprint density at radius 2 is 1.41 bits per heavy atom. The molecule has 0 aromatic heterocycles. The lowest BCUT2D eigenvalue weighted by Gasteiger charge is -2.33. The van der Waals surface area contributed by atoms with Crippen LogP contribution in [0.1, 0.15) is 11.7 Å². The van der Waals surface area contributed by atoms with E-state index in [9.17, 15) is 0 Å². The first kappa shape index (κ1) is 20.5. The molecule has 3 rings (SSSR count). The Kier molecular flexibility index (Phi) is 6.92. The summed E-state index contributed by atoms with van der Waals surface area (Å²) in [7, 11) is 5.27. The first-order chi connectivity index (χ1) is 14.1. The van der Waals surface area contributed by atoms with Crippen molar-refractivity contribution in [3.63, 3.8) is 0 Å². The fourth-order valence-electron chi connectivity index (χ4n) is 3.04. The fraction of sp³-hybridized carbons (Fsp3) is 0.174. The molecule has 0 aliphatic rings. The maximum absolute atomic E-state index is 5.69. The molecule has 3 aromatic rings. The smallest absolute Gasteiger partial charge is 0.175 e. The highest BCUT2D eigenvalue weighted by Crippen LogP contribution is 2.33. The second-order valence-electron chi connectivity index (χ2n) is 6.40. The first-order valence-corrected chi connectivity index (χ1v) is 9.66. The van der Waals surface area contributed by atoms with Gasteiger partial charge in [-0.3, -0.25) is 0 Å². The number of nitrogens with one attached hydrogen (secondary N) is 2. The minimum Gasteiger partial charge on any atom is -0.496 e. The number of rotatable bonds is 7. The van der Waals surface area contributed by atoms with Crippen molar-refractivity contribution in [3.05, 3.63) is 84.4 Å². The van der Waals surface area contributed by atoms with Gasteiger partial charge in [-0.1, -0.05) is 48.5 Å². The average molecular weight is 408 g/mol. The van der Waals surface area contributed by atoms with E-state index in [1.807, 2.05) is 90.8 Å². The van der Waals surface area contributed by atoms with Crippen LogP contribution in [0.25, 0.3) is 0 Å². The SMILES string of the molecule is COc1ccccc1N[C@H](c1ccccc1OC)N(C)C(=S)Nc1ccccc1. The summed E-state index contributed by atoms with van der Waals surface area (Å²) in [5.41, 5.74) is 2.75. The van der Waals surface area contributed by atoms with Crippen LogP contribution in [0.3, 0.4) is 0 Å². The zero-order chi connectivity index (χ0) is 20.6. The molecule has 6 heteroatoms. The van der Waals surface area contributed by atoms with Gasteiger partial charge in [-0.15, -0.1) is 0 Å². The number of hydrogen-bond acceptors (Lipinski definition) is 4. The predicted molar refractivity (Wildman–Crippen MR) is 123 cm³/mol. The van der Waals surface area contributed by atoms with E-state index in [0.717, 1.165) is 28.4 Å². The quantitative estimate of drug-likeness (QED) is 0.418. The van der Waals surface area contributed by atoms with Crippen molar-refractivity contribution in [3.8, 4) is 11.5 Å². The van der Waals surface area contributed by atoms with E-state index in [2.05, 4.69) is 10.6 Å². The van der Waals surface area contributed by atoms with Crippen LogP contribution in [-0.2, 0) is 0 Å². The van der Waals surface area contributed by atoms with Crippen LogP contribution in [-0.4, -0.2) is 31.3 Å². The maximum Gasteiger partial charge on any atom is 0.175 e. The van der Waals surface area contributed by atoms with Crippen LogP contribution >= 0.6 is 12.2 Å². The molecule has 3 aromatic carbocycles. The van der Waals surface area contributed by atoms with Gasteiger partial charge < -0.3 is 25.0 Å². The molecule has 0 heterocycles. The van der Waals surface area contributed by atoms with Gasteiger partial charge in [0.2, 0.25) is 0 Å². The Morgan fingerprint density at radius 1 is 0.828 bits per heavy atom. The molecule has 0 fully saturated rings. The molecule has 0 amide bonds. The molecular weight excluding hydrogens is 382 g/mol. The van der Waals surface area contributed by atoms with E-state index < -0.39 is 0 Å². The van der Waals surface area contributed by atoms with Crippen molar-refractivity contribution < 1.29 is 9.47 Å². The Morgan fingerprint density at radius 3 is 2.10 bits per heavy atom. The van der Waals surface area contributed by atoms with Gasteiger partial charge in [0.15, 0.2) is 5.11 Å². The van der Waals surface area contributed by atoms with E-state index in [1.54, 1.807) is 14.2 Å². The Hall–Kier alpha value is -3.25. The minimum atomic E-state index is -0.286. The Labute approximate surface area is 177 Å². The zero-order valence-corrected chi connectivity index (χ0v) is 17.6. The third kappa shape index (κ3) is 4.97. The topological polar surface area (TPSA) is 45.8 Å². The van der Waals surface area contributed by atoms with Gasteiger partial charge in [0.1, 0.15) is 17.7 Å². The fourth-order valence-corrected chi connectivity index (χ4v) is 3.26. The van der Waals surface area contributed by atoms with Crippen molar-refractivity contribution in [1.29, 1.82) is 0 Å². The molecule has 2 N–H and O–H groups in total. The standard InChI is InChI=1S/C23H25N3O2S/c1-26(23(29)24-17-11-5-4-6-12-17)22(18-13-7-9-15-20(18)27-2)25-19-14-8-10-16-21(19)28-3/h4-16,22,25H,1-3H3,(H,24,29)/t22-/m0/s1. The molecule has 150 valence electrons. The summed E-state index contributed by atoms with van der Waals surface area (Å²) in [5, 5.41) is 7.42. The van der Waals surface area contributed by atoms with Gasteiger partial charge in [-0.2, -0.15) is 0 Å². The van der Waals surface area contributed by atoms with E-state index in [-0.39, 0.29) is 6.17 Å². The molecule has 0 bridgehead atoms.